The van der Waals surface area contributed by atoms with Gasteiger partial charge in [-0.2, -0.15) is 0 Å². The van der Waals surface area contributed by atoms with Gasteiger partial charge in [-0.25, -0.2) is 4.58 Å². The van der Waals surface area contributed by atoms with Gasteiger partial charge in [-0.3, -0.25) is 9.69 Å². The summed E-state index contributed by atoms with van der Waals surface area (Å²) in [6, 6.07) is 0.358. The van der Waals surface area contributed by atoms with Crippen molar-refractivity contribution in [1.82, 2.24) is 4.90 Å². The van der Waals surface area contributed by atoms with E-state index in [1.165, 1.54) is 19.3 Å². The summed E-state index contributed by atoms with van der Waals surface area (Å²) in [5.74, 6) is 0.362. The van der Waals surface area contributed by atoms with Gasteiger partial charge in [0.05, 0.1) is 24.4 Å². The highest BCUT2D eigenvalue weighted by molar-refractivity contribution is 5.82. The molecule has 3 rings (SSSR count). The number of amides is 1. The molecule has 0 radical (unpaired) electrons. The van der Waals surface area contributed by atoms with Crippen LogP contribution in [0.1, 0.15) is 66.2 Å². The monoisotopic (exact) mass is 363 g/mol. The minimum Gasteiger partial charge on any atom is -0.388 e. The molecule has 1 N–H and O–H groups in total. The minimum absolute atomic E-state index is 0.000450. The minimum atomic E-state index is -0.661. The van der Waals surface area contributed by atoms with E-state index in [-0.39, 0.29) is 24.2 Å². The van der Waals surface area contributed by atoms with Gasteiger partial charge >= 0.3 is 0 Å². The summed E-state index contributed by atoms with van der Waals surface area (Å²) in [4.78, 5) is 14.6. The van der Waals surface area contributed by atoms with Gasteiger partial charge < -0.3 is 9.84 Å². The SMILES string of the molecule is CCCCC1C=[N+](C2CC(N3C=C(C)C(O)C(CC)C3=O)OC2CC)C1. The van der Waals surface area contributed by atoms with Crippen molar-refractivity contribution in [2.75, 3.05) is 6.54 Å². The second kappa shape index (κ2) is 8.22. The number of ether oxygens (including phenoxy) is 1. The van der Waals surface area contributed by atoms with Gasteiger partial charge in [0.15, 0.2) is 12.6 Å². The first-order valence-corrected chi connectivity index (χ1v) is 10.4. The Morgan fingerprint density at radius 2 is 2.04 bits per heavy atom. The first-order chi connectivity index (χ1) is 12.5. The molecule has 0 aliphatic carbocycles. The third-order valence-electron chi connectivity index (χ3n) is 6.32. The summed E-state index contributed by atoms with van der Waals surface area (Å²) in [5, 5.41) is 10.3. The van der Waals surface area contributed by atoms with E-state index in [4.69, 9.17) is 4.74 Å². The molecular weight excluding hydrogens is 328 g/mol. The van der Waals surface area contributed by atoms with Crippen molar-refractivity contribution < 1.29 is 19.2 Å². The fraction of sp³-hybridized carbons (Fsp3) is 0.810. The summed E-state index contributed by atoms with van der Waals surface area (Å²) >= 11 is 0. The fourth-order valence-electron chi connectivity index (χ4n) is 4.62. The second-order valence-electron chi connectivity index (χ2n) is 8.17. The average Bonchev–Trinajstić information content (AvgIpc) is 3.01. The molecule has 3 heterocycles. The third kappa shape index (κ3) is 3.61. The van der Waals surface area contributed by atoms with E-state index in [0.29, 0.717) is 18.4 Å². The Morgan fingerprint density at radius 3 is 2.65 bits per heavy atom. The molecule has 6 atom stereocenters. The number of rotatable bonds is 7. The molecule has 6 unspecified atom stereocenters. The lowest BCUT2D eigenvalue weighted by Crippen LogP contribution is -2.48. The van der Waals surface area contributed by atoms with Crippen molar-refractivity contribution in [2.45, 2.75) is 90.7 Å². The van der Waals surface area contributed by atoms with E-state index < -0.39 is 6.10 Å². The molecule has 0 aromatic carbocycles. The Hall–Kier alpha value is -1.20. The Bertz CT molecular complexity index is 586. The van der Waals surface area contributed by atoms with Crippen LogP contribution in [0, 0.1) is 11.8 Å². The number of aliphatic hydroxyl groups is 1. The molecule has 5 nitrogen and oxygen atoms in total. The Labute approximate surface area is 157 Å². The van der Waals surface area contributed by atoms with Crippen LogP contribution in [0.4, 0.5) is 0 Å². The molecule has 0 aromatic heterocycles. The molecule has 3 aliphatic rings. The second-order valence-corrected chi connectivity index (χ2v) is 8.17. The maximum atomic E-state index is 12.8. The Kier molecular flexibility index (Phi) is 6.18. The molecule has 3 aliphatic heterocycles. The zero-order valence-corrected chi connectivity index (χ0v) is 16.7. The van der Waals surface area contributed by atoms with Crippen LogP contribution in [-0.2, 0) is 9.53 Å². The number of hydrogen-bond donors (Lipinski definition) is 1. The van der Waals surface area contributed by atoms with E-state index in [0.717, 1.165) is 25.0 Å². The van der Waals surface area contributed by atoms with Gasteiger partial charge in [0.2, 0.25) is 5.91 Å². The molecule has 146 valence electrons. The summed E-state index contributed by atoms with van der Waals surface area (Å²) in [6.07, 6.45) is 9.76. The first-order valence-electron chi connectivity index (χ1n) is 10.4. The standard InChI is InChI=1S/C21H35N2O3/c1-5-8-9-15-12-22(13-15)17-10-19(26-18(17)7-3)23-11-14(4)20(24)16(6-2)21(23)25/h11-12,15-20,24H,5-10,13H2,1-4H3/q+1. The first kappa shape index (κ1) is 19.6. The van der Waals surface area contributed by atoms with Gasteiger partial charge in [0.25, 0.3) is 0 Å². The van der Waals surface area contributed by atoms with Gasteiger partial charge in [0, 0.05) is 6.20 Å². The molecule has 26 heavy (non-hydrogen) atoms. The molecular formula is C21H35N2O3+. The molecule has 0 saturated carbocycles. The maximum Gasteiger partial charge on any atom is 0.234 e. The zero-order valence-electron chi connectivity index (χ0n) is 16.7. The van der Waals surface area contributed by atoms with Gasteiger partial charge in [-0.15, -0.1) is 0 Å². The highest BCUT2D eigenvalue weighted by Crippen LogP contribution is 2.34. The fourth-order valence-corrected chi connectivity index (χ4v) is 4.62. The van der Waals surface area contributed by atoms with Crippen molar-refractivity contribution in [3.8, 4) is 0 Å². The van der Waals surface area contributed by atoms with Crippen molar-refractivity contribution in [1.29, 1.82) is 0 Å². The van der Waals surface area contributed by atoms with Crippen molar-refractivity contribution in [3.63, 3.8) is 0 Å². The molecule has 0 bridgehead atoms. The number of unbranched alkanes of at least 4 members (excludes halogenated alkanes) is 1. The number of carbonyl (C=O) groups excluding carboxylic acids is 1. The van der Waals surface area contributed by atoms with E-state index in [1.807, 2.05) is 20.0 Å². The van der Waals surface area contributed by atoms with E-state index in [2.05, 4.69) is 24.6 Å². The number of carbonyl (C=O) groups is 1. The van der Waals surface area contributed by atoms with Crippen LogP contribution in [0.25, 0.3) is 0 Å². The maximum absolute atomic E-state index is 12.8. The largest absolute Gasteiger partial charge is 0.388 e. The van der Waals surface area contributed by atoms with Crippen LogP contribution >= 0.6 is 0 Å². The normalized spacial score (nSPS) is 37.4. The summed E-state index contributed by atoms with van der Waals surface area (Å²) in [6.45, 7) is 9.38. The lowest BCUT2D eigenvalue weighted by atomic mass is 9.89. The van der Waals surface area contributed by atoms with Gasteiger partial charge in [-0.05, 0) is 31.8 Å². The van der Waals surface area contributed by atoms with E-state index in [1.54, 1.807) is 4.90 Å². The van der Waals surface area contributed by atoms with Crippen LogP contribution in [0.15, 0.2) is 11.8 Å². The molecule has 5 heteroatoms. The predicted octanol–water partition coefficient (Wildman–Crippen LogP) is 2.92. The molecule has 0 spiro atoms. The lowest BCUT2D eigenvalue weighted by molar-refractivity contribution is -0.596. The van der Waals surface area contributed by atoms with E-state index in [9.17, 15) is 9.90 Å². The van der Waals surface area contributed by atoms with Crippen molar-refractivity contribution >= 4 is 12.1 Å². The number of aliphatic hydroxyl groups excluding tert-OH is 1. The third-order valence-corrected chi connectivity index (χ3v) is 6.32. The smallest absolute Gasteiger partial charge is 0.234 e. The number of hydrogen-bond acceptors (Lipinski definition) is 3. The summed E-state index contributed by atoms with van der Waals surface area (Å²) < 4.78 is 8.74. The summed E-state index contributed by atoms with van der Waals surface area (Å²) in [7, 11) is 0. The topological polar surface area (TPSA) is 52.8 Å². The average molecular weight is 364 g/mol. The zero-order chi connectivity index (χ0) is 18.8. The highest BCUT2D eigenvalue weighted by atomic mass is 16.5. The van der Waals surface area contributed by atoms with Crippen molar-refractivity contribution in [2.24, 2.45) is 11.8 Å². The molecule has 0 aromatic rings. The Balaban J connectivity index is 1.70. The van der Waals surface area contributed by atoms with Crippen LogP contribution in [0.3, 0.4) is 0 Å². The van der Waals surface area contributed by atoms with Crippen molar-refractivity contribution in [3.05, 3.63) is 11.8 Å². The van der Waals surface area contributed by atoms with Crippen LogP contribution in [-0.4, -0.2) is 57.7 Å². The summed E-state index contributed by atoms with van der Waals surface area (Å²) in [5.41, 5.74) is 0.853. The van der Waals surface area contributed by atoms with Crippen LogP contribution in [0.2, 0.25) is 0 Å². The van der Waals surface area contributed by atoms with Gasteiger partial charge in [-0.1, -0.05) is 33.6 Å². The molecule has 1 amide bonds. The molecule has 1 fully saturated rings. The van der Waals surface area contributed by atoms with Crippen LogP contribution in [0.5, 0.6) is 0 Å². The Morgan fingerprint density at radius 1 is 1.31 bits per heavy atom. The quantitative estimate of drug-likeness (QED) is 0.708. The van der Waals surface area contributed by atoms with Gasteiger partial charge in [0.1, 0.15) is 18.5 Å². The lowest BCUT2D eigenvalue weighted by Gasteiger charge is -2.36. The molecule has 1 saturated heterocycles. The highest BCUT2D eigenvalue weighted by Gasteiger charge is 2.49. The number of nitrogens with zero attached hydrogens (tertiary/aromatic N) is 2. The van der Waals surface area contributed by atoms with Crippen LogP contribution < -0.4 is 0 Å². The predicted molar refractivity (Wildman–Crippen MR) is 102 cm³/mol. The van der Waals surface area contributed by atoms with E-state index >= 15 is 0 Å².